The molecule has 0 spiro atoms. The van der Waals surface area contributed by atoms with Crippen LogP contribution in [-0.2, 0) is 14.3 Å². The Morgan fingerprint density at radius 2 is 1.90 bits per heavy atom. The maximum atomic E-state index is 12.6. The van der Waals surface area contributed by atoms with Crippen LogP contribution in [0.3, 0.4) is 0 Å². The summed E-state index contributed by atoms with van der Waals surface area (Å²) in [5.74, 6) is -1.35. The molecule has 1 N–H and O–H groups in total. The Morgan fingerprint density at radius 1 is 1.24 bits per heavy atom. The normalized spacial score (nSPS) is 11.1. The number of amides is 2. The van der Waals surface area contributed by atoms with Crippen molar-refractivity contribution in [2.24, 2.45) is 0 Å². The number of nitrogens with one attached hydrogen (secondary N) is 1. The maximum Gasteiger partial charge on any atom is 0.344 e. The predicted octanol–water partition coefficient (Wildman–Crippen LogP) is 2.83. The van der Waals surface area contributed by atoms with E-state index >= 15 is 0 Å². The van der Waals surface area contributed by atoms with E-state index in [0.717, 1.165) is 0 Å². The summed E-state index contributed by atoms with van der Waals surface area (Å²) in [7, 11) is 1.46. The molecular formula is C20H24ClN3O5. The number of nitrogens with zero attached hydrogens (tertiary/aromatic N) is 2. The van der Waals surface area contributed by atoms with Crippen LogP contribution < -0.4 is 5.32 Å². The Labute approximate surface area is 174 Å². The van der Waals surface area contributed by atoms with Crippen LogP contribution >= 0.6 is 11.6 Å². The van der Waals surface area contributed by atoms with Crippen molar-refractivity contribution in [1.82, 2.24) is 15.4 Å². The smallest absolute Gasteiger partial charge is 0.344 e. The summed E-state index contributed by atoms with van der Waals surface area (Å²) < 4.78 is 10.3. The van der Waals surface area contributed by atoms with Crippen molar-refractivity contribution in [2.75, 3.05) is 20.2 Å². The molecule has 2 amide bonds. The second-order valence-corrected chi connectivity index (χ2v) is 7.97. The Bertz CT molecular complexity index is 917. The van der Waals surface area contributed by atoms with Crippen LogP contribution in [0.5, 0.6) is 0 Å². The second kappa shape index (κ2) is 9.09. The van der Waals surface area contributed by atoms with E-state index in [9.17, 15) is 14.4 Å². The first-order chi connectivity index (χ1) is 13.5. The first-order valence-corrected chi connectivity index (χ1v) is 9.30. The van der Waals surface area contributed by atoms with Gasteiger partial charge in [-0.25, -0.2) is 4.79 Å². The lowest BCUT2D eigenvalue weighted by Crippen LogP contribution is -2.46. The lowest BCUT2D eigenvalue weighted by molar-refractivity contribution is -0.137. The van der Waals surface area contributed by atoms with Gasteiger partial charge in [-0.1, -0.05) is 35.0 Å². The van der Waals surface area contributed by atoms with Crippen LogP contribution in [0.25, 0.3) is 11.3 Å². The van der Waals surface area contributed by atoms with Gasteiger partial charge in [-0.3, -0.25) is 9.59 Å². The Hall–Kier alpha value is -2.87. The minimum atomic E-state index is -0.764. The monoisotopic (exact) mass is 421 g/mol. The highest BCUT2D eigenvalue weighted by Crippen LogP contribution is 2.31. The number of rotatable bonds is 6. The van der Waals surface area contributed by atoms with E-state index in [1.54, 1.807) is 31.2 Å². The minimum absolute atomic E-state index is 0.0963. The molecule has 0 bridgehead atoms. The third kappa shape index (κ3) is 6.05. The Kier molecular flexibility index (Phi) is 7.02. The molecule has 1 aromatic carbocycles. The van der Waals surface area contributed by atoms with E-state index in [0.29, 0.717) is 10.6 Å². The predicted molar refractivity (Wildman–Crippen MR) is 108 cm³/mol. The van der Waals surface area contributed by atoms with Gasteiger partial charge in [0.2, 0.25) is 5.91 Å². The number of esters is 1. The van der Waals surface area contributed by atoms with Gasteiger partial charge >= 0.3 is 5.97 Å². The van der Waals surface area contributed by atoms with Gasteiger partial charge < -0.3 is 19.5 Å². The molecule has 0 radical (unpaired) electrons. The standard InChI is InChI=1S/C20H24ClN3O5/c1-12-17(18(23-29-12)13-8-6-7-9-14(13)21)19(27)28-11-16(26)24(5)10-15(25)22-20(2,3)4/h6-9H,10-11H2,1-5H3,(H,22,25). The van der Waals surface area contributed by atoms with Gasteiger partial charge in [0.15, 0.2) is 6.61 Å². The zero-order valence-electron chi connectivity index (χ0n) is 17.0. The molecule has 0 unspecified atom stereocenters. The third-order valence-electron chi connectivity index (χ3n) is 3.84. The minimum Gasteiger partial charge on any atom is -0.452 e. The first-order valence-electron chi connectivity index (χ1n) is 8.93. The Balaban J connectivity index is 2.03. The van der Waals surface area contributed by atoms with Gasteiger partial charge in [-0.05, 0) is 33.8 Å². The van der Waals surface area contributed by atoms with Gasteiger partial charge in [0.25, 0.3) is 5.91 Å². The lowest BCUT2D eigenvalue weighted by atomic mass is 10.1. The van der Waals surface area contributed by atoms with Crippen LogP contribution in [0, 0.1) is 6.92 Å². The molecule has 0 atom stereocenters. The molecular weight excluding hydrogens is 398 g/mol. The number of hydrogen-bond acceptors (Lipinski definition) is 6. The molecule has 0 saturated heterocycles. The summed E-state index contributed by atoms with van der Waals surface area (Å²) in [6.07, 6.45) is 0. The molecule has 1 aromatic heterocycles. The Morgan fingerprint density at radius 3 is 2.52 bits per heavy atom. The van der Waals surface area contributed by atoms with Gasteiger partial charge in [-0.2, -0.15) is 0 Å². The van der Waals surface area contributed by atoms with E-state index in [4.69, 9.17) is 20.9 Å². The molecule has 2 rings (SSSR count). The average molecular weight is 422 g/mol. The van der Waals surface area contributed by atoms with Crippen molar-refractivity contribution in [3.8, 4) is 11.3 Å². The molecule has 8 nitrogen and oxygen atoms in total. The van der Waals surface area contributed by atoms with Gasteiger partial charge in [-0.15, -0.1) is 0 Å². The van der Waals surface area contributed by atoms with E-state index in [1.165, 1.54) is 11.9 Å². The highest BCUT2D eigenvalue weighted by Gasteiger charge is 2.25. The summed E-state index contributed by atoms with van der Waals surface area (Å²) in [5, 5.41) is 7.05. The summed E-state index contributed by atoms with van der Waals surface area (Å²) >= 11 is 6.18. The molecule has 0 aliphatic carbocycles. The topological polar surface area (TPSA) is 102 Å². The number of ether oxygens (including phenoxy) is 1. The second-order valence-electron chi connectivity index (χ2n) is 7.57. The molecule has 0 saturated carbocycles. The van der Waals surface area contributed by atoms with E-state index in [-0.39, 0.29) is 29.5 Å². The van der Waals surface area contributed by atoms with E-state index in [1.807, 2.05) is 20.8 Å². The summed E-state index contributed by atoms with van der Waals surface area (Å²) in [6, 6.07) is 6.86. The van der Waals surface area contributed by atoms with Gasteiger partial charge in [0.1, 0.15) is 17.0 Å². The molecule has 1 heterocycles. The van der Waals surface area contributed by atoms with E-state index in [2.05, 4.69) is 10.5 Å². The summed E-state index contributed by atoms with van der Waals surface area (Å²) in [4.78, 5) is 37.9. The number of carbonyl (C=O) groups is 3. The van der Waals surface area contributed by atoms with Gasteiger partial charge in [0.05, 0.1) is 11.6 Å². The number of hydrogen-bond donors (Lipinski definition) is 1. The molecule has 9 heteroatoms. The number of likely N-dealkylation sites (N-methyl/N-ethyl adjacent to an activating group) is 1. The SMILES string of the molecule is Cc1onc(-c2ccccc2Cl)c1C(=O)OCC(=O)N(C)CC(=O)NC(C)(C)C. The molecule has 0 aliphatic heterocycles. The fourth-order valence-corrected chi connectivity index (χ4v) is 2.75. The lowest BCUT2D eigenvalue weighted by Gasteiger charge is -2.23. The quantitative estimate of drug-likeness (QED) is 0.719. The van der Waals surface area contributed by atoms with Crippen molar-refractivity contribution < 1.29 is 23.6 Å². The zero-order valence-corrected chi connectivity index (χ0v) is 17.8. The fourth-order valence-electron chi connectivity index (χ4n) is 2.52. The summed E-state index contributed by atoms with van der Waals surface area (Å²) in [5.41, 5.74) is 0.441. The highest BCUT2D eigenvalue weighted by molar-refractivity contribution is 6.33. The van der Waals surface area contributed by atoms with Crippen molar-refractivity contribution in [3.05, 3.63) is 40.6 Å². The third-order valence-corrected chi connectivity index (χ3v) is 4.17. The van der Waals surface area contributed by atoms with Crippen molar-refractivity contribution >= 4 is 29.4 Å². The number of aromatic nitrogens is 1. The van der Waals surface area contributed by atoms with Crippen molar-refractivity contribution in [3.63, 3.8) is 0 Å². The number of benzene rings is 1. The van der Waals surface area contributed by atoms with Crippen LogP contribution in [0.2, 0.25) is 5.02 Å². The molecule has 29 heavy (non-hydrogen) atoms. The molecule has 2 aromatic rings. The van der Waals surface area contributed by atoms with Crippen LogP contribution in [0.15, 0.2) is 28.8 Å². The molecule has 156 valence electrons. The number of halogens is 1. The highest BCUT2D eigenvalue weighted by atomic mass is 35.5. The van der Waals surface area contributed by atoms with E-state index < -0.39 is 24.0 Å². The van der Waals surface area contributed by atoms with Crippen LogP contribution in [0.1, 0.15) is 36.9 Å². The maximum absolute atomic E-state index is 12.6. The fraction of sp³-hybridized carbons (Fsp3) is 0.400. The van der Waals surface area contributed by atoms with Crippen molar-refractivity contribution in [1.29, 1.82) is 0 Å². The van der Waals surface area contributed by atoms with Crippen LogP contribution in [0.4, 0.5) is 0 Å². The largest absolute Gasteiger partial charge is 0.452 e. The number of aryl methyl sites for hydroxylation is 1. The van der Waals surface area contributed by atoms with Crippen molar-refractivity contribution in [2.45, 2.75) is 33.2 Å². The molecule has 0 aliphatic rings. The molecule has 0 fully saturated rings. The zero-order chi connectivity index (χ0) is 21.8. The first kappa shape index (κ1) is 22.4. The van der Waals surface area contributed by atoms with Crippen LogP contribution in [-0.4, -0.2) is 53.6 Å². The summed E-state index contributed by atoms with van der Waals surface area (Å²) in [6.45, 7) is 6.41. The van der Waals surface area contributed by atoms with Gasteiger partial charge in [0, 0.05) is 18.2 Å². The average Bonchev–Trinajstić information content (AvgIpc) is 2.99. The number of carbonyl (C=O) groups excluding carboxylic acids is 3.